The minimum atomic E-state index is -0.565. The van der Waals surface area contributed by atoms with Gasteiger partial charge >= 0.3 is 0 Å². The van der Waals surface area contributed by atoms with Gasteiger partial charge in [0, 0.05) is 11.5 Å². The van der Waals surface area contributed by atoms with Crippen LogP contribution in [0.15, 0.2) is 23.0 Å². The minimum Gasteiger partial charge on any atom is -0.507 e. The van der Waals surface area contributed by atoms with Crippen molar-refractivity contribution < 1.29 is 9.50 Å². The summed E-state index contributed by atoms with van der Waals surface area (Å²) in [7, 11) is 0. The molecule has 0 radical (unpaired) electrons. The second-order valence-corrected chi connectivity index (χ2v) is 3.24. The first kappa shape index (κ1) is 9.02. The fourth-order valence-electron chi connectivity index (χ4n) is 1.26. The van der Waals surface area contributed by atoms with E-state index in [1.165, 1.54) is 0 Å². The van der Waals surface area contributed by atoms with Gasteiger partial charge in [-0.05, 0) is 12.1 Å². The van der Waals surface area contributed by atoms with Gasteiger partial charge in [-0.1, -0.05) is 11.6 Å². The first-order valence-corrected chi connectivity index (χ1v) is 4.17. The van der Waals surface area contributed by atoms with E-state index < -0.39 is 11.4 Å². The summed E-state index contributed by atoms with van der Waals surface area (Å²) in [5, 5.41) is 9.61. The van der Waals surface area contributed by atoms with E-state index in [1.54, 1.807) is 0 Å². The van der Waals surface area contributed by atoms with Crippen LogP contribution in [0.3, 0.4) is 0 Å². The predicted molar refractivity (Wildman–Crippen MR) is 51.2 cm³/mol. The molecule has 0 spiro atoms. The average molecular weight is 214 g/mol. The summed E-state index contributed by atoms with van der Waals surface area (Å²) >= 11 is 5.69. The lowest BCUT2D eigenvalue weighted by molar-refractivity contribution is 0.480. The summed E-state index contributed by atoms with van der Waals surface area (Å²) in [5.41, 5.74) is -0.249. The Balaban J connectivity index is 3.01. The van der Waals surface area contributed by atoms with Crippen LogP contribution in [0.5, 0.6) is 5.75 Å². The molecule has 0 aliphatic carbocycles. The molecule has 0 aliphatic rings. The van der Waals surface area contributed by atoms with E-state index in [0.717, 1.165) is 18.2 Å². The molecular formula is C9H5ClFNO2. The van der Waals surface area contributed by atoms with Crippen LogP contribution in [-0.2, 0) is 0 Å². The van der Waals surface area contributed by atoms with Gasteiger partial charge in [-0.2, -0.15) is 0 Å². The van der Waals surface area contributed by atoms with Crippen LogP contribution in [-0.4, -0.2) is 10.1 Å². The quantitative estimate of drug-likeness (QED) is 0.704. The van der Waals surface area contributed by atoms with Gasteiger partial charge in [0.2, 0.25) is 0 Å². The fourth-order valence-corrected chi connectivity index (χ4v) is 1.52. The third kappa shape index (κ3) is 1.33. The van der Waals surface area contributed by atoms with Crippen molar-refractivity contribution >= 4 is 22.5 Å². The number of nitrogens with one attached hydrogen (secondary N) is 1. The van der Waals surface area contributed by atoms with Crippen LogP contribution in [0.4, 0.5) is 4.39 Å². The standard InChI is InChI=1S/C9H5ClFNO2/c10-6-2-4(11)1-5-7(13)3-8(14)12-9(5)6/h1-3H,(H2,12,13,14). The molecule has 1 aromatic carbocycles. The molecule has 1 aromatic heterocycles. The van der Waals surface area contributed by atoms with E-state index >= 15 is 0 Å². The molecule has 2 rings (SSSR count). The molecule has 0 atom stereocenters. The molecule has 5 heteroatoms. The van der Waals surface area contributed by atoms with Crippen LogP contribution < -0.4 is 5.56 Å². The van der Waals surface area contributed by atoms with Gasteiger partial charge in [-0.25, -0.2) is 4.39 Å². The molecular weight excluding hydrogens is 209 g/mol. The van der Waals surface area contributed by atoms with Crippen molar-refractivity contribution in [3.8, 4) is 5.75 Å². The van der Waals surface area contributed by atoms with E-state index in [1.807, 2.05) is 0 Å². The summed E-state index contributed by atoms with van der Waals surface area (Å²) in [6.45, 7) is 0. The van der Waals surface area contributed by atoms with Crippen molar-refractivity contribution in [3.63, 3.8) is 0 Å². The first-order chi connectivity index (χ1) is 6.58. The number of benzene rings is 1. The van der Waals surface area contributed by atoms with Crippen LogP contribution in [0.2, 0.25) is 5.02 Å². The number of hydrogen-bond acceptors (Lipinski definition) is 2. The van der Waals surface area contributed by atoms with Gasteiger partial charge in [0.15, 0.2) is 0 Å². The van der Waals surface area contributed by atoms with Gasteiger partial charge in [0.05, 0.1) is 10.5 Å². The molecule has 0 amide bonds. The normalized spacial score (nSPS) is 10.7. The largest absolute Gasteiger partial charge is 0.507 e. The number of fused-ring (bicyclic) bond motifs is 1. The third-order valence-corrected chi connectivity index (χ3v) is 2.15. The molecule has 0 unspecified atom stereocenters. The van der Waals surface area contributed by atoms with Crippen LogP contribution >= 0.6 is 11.6 Å². The lowest BCUT2D eigenvalue weighted by Gasteiger charge is -2.02. The van der Waals surface area contributed by atoms with Crippen molar-refractivity contribution in [1.82, 2.24) is 4.98 Å². The zero-order valence-electron chi connectivity index (χ0n) is 6.84. The number of aromatic hydroxyl groups is 1. The Morgan fingerprint density at radius 3 is 2.79 bits per heavy atom. The second-order valence-electron chi connectivity index (χ2n) is 2.83. The van der Waals surface area contributed by atoms with E-state index in [-0.39, 0.29) is 21.7 Å². The van der Waals surface area contributed by atoms with Gasteiger partial charge < -0.3 is 10.1 Å². The molecule has 3 nitrogen and oxygen atoms in total. The topological polar surface area (TPSA) is 53.1 Å². The Kier molecular flexibility index (Phi) is 1.93. The smallest absolute Gasteiger partial charge is 0.252 e. The predicted octanol–water partition coefficient (Wildman–Crippen LogP) is 2.03. The zero-order valence-corrected chi connectivity index (χ0v) is 7.60. The molecule has 72 valence electrons. The molecule has 1 heterocycles. The van der Waals surface area contributed by atoms with E-state index in [0.29, 0.717) is 0 Å². The Bertz CT molecular complexity index is 564. The number of pyridine rings is 1. The summed E-state index contributed by atoms with van der Waals surface area (Å²) in [6.07, 6.45) is 0. The maximum absolute atomic E-state index is 12.9. The number of halogens is 2. The molecule has 0 bridgehead atoms. The van der Waals surface area contributed by atoms with Crippen LogP contribution in [0, 0.1) is 5.82 Å². The Hall–Kier alpha value is -1.55. The summed E-state index contributed by atoms with van der Waals surface area (Å²) < 4.78 is 12.9. The molecule has 14 heavy (non-hydrogen) atoms. The fraction of sp³-hybridized carbons (Fsp3) is 0. The molecule has 0 aliphatic heterocycles. The van der Waals surface area contributed by atoms with Crippen molar-refractivity contribution in [1.29, 1.82) is 0 Å². The Morgan fingerprint density at radius 1 is 1.36 bits per heavy atom. The maximum atomic E-state index is 12.9. The van der Waals surface area contributed by atoms with Crippen molar-refractivity contribution in [3.05, 3.63) is 39.4 Å². The molecule has 0 saturated heterocycles. The highest BCUT2D eigenvalue weighted by molar-refractivity contribution is 6.35. The summed E-state index contributed by atoms with van der Waals surface area (Å²) in [6, 6.07) is 3.14. The Labute approximate surface area is 82.8 Å². The molecule has 2 aromatic rings. The third-order valence-electron chi connectivity index (χ3n) is 1.85. The van der Waals surface area contributed by atoms with E-state index in [9.17, 15) is 14.3 Å². The minimum absolute atomic E-state index is 0.0630. The Morgan fingerprint density at radius 2 is 2.07 bits per heavy atom. The maximum Gasteiger partial charge on any atom is 0.252 e. The lowest BCUT2D eigenvalue weighted by atomic mass is 10.2. The number of aromatic nitrogens is 1. The first-order valence-electron chi connectivity index (χ1n) is 3.79. The van der Waals surface area contributed by atoms with Crippen molar-refractivity contribution in [2.75, 3.05) is 0 Å². The van der Waals surface area contributed by atoms with Crippen LogP contribution in [0.25, 0.3) is 10.9 Å². The highest BCUT2D eigenvalue weighted by Crippen LogP contribution is 2.27. The van der Waals surface area contributed by atoms with Gasteiger partial charge in [-0.15, -0.1) is 0 Å². The number of rotatable bonds is 0. The van der Waals surface area contributed by atoms with Crippen LogP contribution in [0.1, 0.15) is 0 Å². The molecule has 0 saturated carbocycles. The van der Waals surface area contributed by atoms with Gasteiger partial charge in [-0.3, -0.25) is 4.79 Å². The number of hydrogen-bond donors (Lipinski definition) is 2. The highest BCUT2D eigenvalue weighted by atomic mass is 35.5. The number of aromatic amines is 1. The van der Waals surface area contributed by atoms with E-state index in [4.69, 9.17) is 11.6 Å². The summed E-state index contributed by atoms with van der Waals surface area (Å²) in [4.78, 5) is 13.4. The van der Waals surface area contributed by atoms with Crippen molar-refractivity contribution in [2.24, 2.45) is 0 Å². The van der Waals surface area contributed by atoms with Crippen molar-refractivity contribution in [2.45, 2.75) is 0 Å². The second kappa shape index (κ2) is 2.99. The van der Waals surface area contributed by atoms with Gasteiger partial charge in [0.25, 0.3) is 5.56 Å². The highest BCUT2D eigenvalue weighted by Gasteiger charge is 2.07. The zero-order chi connectivity index (χ0) is 10.3. The number of H-pyrrole nitrogens is 1. The summed E-state index contributed by atoms with van der Waals surface area (Å²) in [5.74, 6) is -0.852. The van der Waals surface area contributed by atoms with E-state index in [2.05, 4.69) is 4.98 Å². The molecule has 2 N–H and O–H groups in total. The monoisotopic (exact) mass is 213 g/mol. The van der Waals surface area contributed by atoms with Gasteiger partial charge in [0.1, 0.15) is 11.6 Å². The molecule has 0 fully saturated rings. The SMILES string of the molecule is O=c1cc(O)c2cc(F)cc(Cl)c2[nH]1. The average Bonchev–Trinajstić information content (AvgIpc) is 2.07. The lowest BCUT2D eigenvalue weighted by Crippen LogP contribution is -2.03.